The summed E-state index contributed by atoms with van der Waals surface area (Å²) < 4.78 is 9.93. The lowest BCUT2D eigenvalue weighted by Crippen LogP contribution is -2.08. The quantitative estimate of drug-likeness (QED) is 0.595. The SMILES string of the molecule is COCCOCc1nc(Cl)cc(C(=O)O)n1. The van der Waals surface area contributed by atoms with Crippen LogP contribution in [-0.2, 0) is 16.1 Å². The number of carboxylic acids is 1. The summed E-state index contributed by atoms with van der Waals surface area (Å²) in [6, 6.07) is 1.18. The summed E-state index contributed by atoms with van der Waals surface area (Å²) in [5.74, 6) is -0.913. The van der Waals surface area contributed by atoms with E-state index in [4.69, 9.17) is 26.2 Å². The third kappa shape index (κ3) is 4.09. The molecule has 0 amide bonds. The van der Waals surface area contributed by atoms with Crippen molar-refractivity contribution in [2.24, 2.45) is 0 Å². The number of methoxy groups -OCH3 is 1. The first-order valence-electron chi connectivity index (χ1n) is 4.47. The molecule has 0 radical (unpaired) electrons. The van der Waals surface area contributed by atoms with Crippen LogP contribution in [0.5, 0.6) is 0 Å². The molecule has 0 saturated carbocycles. The fourth-order valence-corrected chi connectivity index (χ4v) is 1.15. The first-order valence-corrected chi connectivity index (χ1v) is 4.84. The van der Waals surface area contributed by atoms with E-state index in [1.54, 1.807) is 7.11 Å². The van der Waals surface area contributed by atoms with Crippen molar-refractivity contribution in [3.63, 3.8) is 0 Å². The van der Waals surface area contributed by atoms with Gasteiger partial charge in [-0.2, -0.15) is 0 Å². The molecule has 0 aliphatic rings. The van der Waals surface area contributed by atoms with Gasteiger partial charge < -0.3 is 14.6 Å². The van der Waals surface area contributed by atoms with E-state index in [0.29, 0.717) is 13.2 Å². The number of hydrogen-bond donors (Lipinski definition) is 1. The molecule has 0 saturated heterocycles. The molecule has 0 aliphatic heterocycles. The van der Waals surface area contributed by atoms with Crippen molar-refractivity contribution in [2.45, 2.75) is 6.61 Å². The van der Waals surface area contributed by atoms with E-state index in [-0.39, 0.29) is 23.3 Å². The average molecular weight is 247 g/mol. The van der Waals surface area contributed by atoms with E-state index >= 15 is 0 Å². The van der Waals surface area contributed by atoms with Crippen molar-refractivity contribution in [1.29, 1.82) is 0 Å². The van der Waals surface area contributed by atoms with Crippen LogP contribution in [0.2, 0.25) is 5.15 Å². The number of aromatic carboxylic acids is 1. The molecule has 6 nitrogen and oxygen atoms in total. The minimum atomic E-state index is -1.15. The van der Waals surface area contributed by atoms with Crippen LogP contribution < -0.4 is 0 Å². The lowest BCUT2D eigenvalue weighted by Gasteiger charge is -2.03. The Morgan fingerprint density at radius 3 is 2.88 bits per heavy atom. The van der Waals surface area contributed by atoms with Gasteiger partial charge in [0.05, 0.1) is 13.2 Å². The maximum atomic E-state index is 10.7. The molecule has 0 spiro atoms. The molecular weight excluding hydrogens is 236 g/mol. The average Bonchev–Trinajstić information content (AvgIpc) is 2.23. The zero-order valence-corrected chi connectivity index (χ0v) is 9.40. The summed E-state index contributed by atoms with van der Waals surface area (Å²) in [5.41, 5.74) is -0.148. The van der Waals surface area contributed by atoms with Gasteiger partial charge in [-0.05, 0) is 0 Å². The zero-order valence-electron chi connectivity index (χ0n) is 8.64. The minimum absolute atomic E-state index is 0.0812. The highest BCUT2D eigenvalue weighted by Crippen LogP contribution is 2.08. The van der Waals surface area contributed by atoms with Crippen LogP contribution in [0.4, 0.5) is 0 Å². The molecule has 0 fully saturated rings. The molecule has 0 aliphatic carbocycles. The molecule has 1 aromatic heterocycles. The normalized spacial score (nSPS) is 10.4. The molecule has 1 N–H and O–H groups in total. The highest BCUT2D eigenvalue weighted by molar-refractivity contribution is 6.29. The van der Waals surface area contributed by atoms with E-state index in [1.165, 1.54) is 6.07 Å². The number of rotatable bonds is 6. The van der Waals surface area contributed by atoms with Gasteiger partial charge in [0.2, 0.25) is 0 Å². The number of nitrogens with zero attached hydrogens (tertiary/aromatic N) is 2. The Morgan fingerprint density at radius 2 is 2.25 bits per heavy atom. The van der Waals surface area contributed by atoms with Crippen molar-refractivity contribution >= 4 is 17.6 Å². The van der Waals surface area contributed by atoms with E-state index in [1.807, 2.05) is 0 Å². The van der Waals surface area contributed by atoms with Crippen LogP contribution in [0.15, 0.2) is 6.07 Å². The Balaban J connectivity index is 2.62. The summed E-state index contributed by atoms with van der Waals surface area (Å²) in [5, 5.41) is 8.81. The standard InChI is InChI=1S/C9H11ClN2O4/c1-15-2-3-16-5-8-11-6(9(13)14)4-7(10)12-8/h4H,2-3,5H2,1H3,(H,13,14). The molecule has 88 valence electrons. The maximum absolute atomic E-state index is 10.7. The third-order valence-corrected chi connectivity index (χ3v) is 1.82. The number of carboxylic acid groups (broad SMARTS) is 1. The van der Waals surface area contributed by atoms with E-state index < -0.39 is 5.97 Å². The monoisotopic (exact) mass is 246 g/mol. The predicted molar refractivity (Wildman–Crippen MR) is 55.5 cm³/mol. The first-order chi connectivity index (χ1) is 7.63. The van der Waals surface area contributed by atoms with E-state index in [2.05, 4.69) is 9.97 Å². The van der Waals surface area contributed by atoms with E-state index in [9.17, 15) is 4.79 Å². The summed E-state index contributed by atoms with van der Waals surface area (Å²) in [7, 11) is 1.56. The van der Waals surface area contributed by atoms with Gasteiger partial charge in [-0.3, -0.25) is 0 Å². The molecule has 0 unspecified atom stereocenters. The molecule has 16 heavy (non-hydrogen) atoms. The van der Waals surface area contributed by atoms with Gasteiger partial charge in [-0.25, -0.2) is 14.8 Å². The lowest BCUT2D eigenvalue weighted by molar-refractivity contribution is 0.0580. The highest BCUT2D eigenvalue weighted by atomic mass is 35.5. The summed E-state index contributed by atoms with van der Waals surface area (Å²) in [4.78, 5) is 18.3. The highest BCUT2D eigenvalue weighted by Gasteiger charge is 2.09. The van der Waals surface area contributed by atoms with Crippen molar-refractivity contribution < 1.29 is 19.4 Å². The molecule has 1 rings (SSSR count). The summed E-state index contributed by atoms with van der Waals surface area (Å²) in [6.45, 7) is 0.936. The number of hydrogen-bond acceptors (Lipinski definition) is 5. The van der Waals surface area contributed by atoms with Crippen LogP contribution in [0.3, 0.4) is 0 Å². The molecule has 1 heterocycles. The van der Waals surface area contributed by atoms with Gasteiger partial charge in [0.25, 0.3) is 0 Å². The largest absolute Gasteiger partial charge is 0.477 e. The smallest absolute Gasteiger partial charge is 0.354 e. The predicted octanol–water partition coefficient (Wildman–Crippen LogP) is 0.991. The van der Waals surface area contributed by atoms with Crippen LogP contribution in [0.1, 0.15) is 16.3 Å². The van der Waals surface area contributed by atoms with Crippen molar-refractivity contribution in [3.8, 4) is 0 Å². The first kappa shape index (κ1) is 12.8. The molecule has 0 bridgehead atoms. The topological polar surface area (TPSA) is 81.5 Å². The maximum Gasteiger partial charge on any atom is 0.354 e. The Labute approximate surface area is 97.2 Å². The fraction of sp³-hybridized carbons (Fsp3) is 0.444. The van der Waals surface area contributed by atoms with Crippen LogP contribution >= 0.6 is 11.6 Å². The van der Waals surface area contributed by atoms with Gasteiger partial charge in [-0.1, -0.05) is 11.6 Å². The van der Waals surface area contributed by atoms with Crippen LogP contribution in [-0.4, -0.2) is 41.4 Å². The minimum Gasteiger partial charge on any atom is -0.477 e. The second-order valence-electron chi connectivity index (χ2n) is 2.84. The molecular formula is C9H11ClN2O4. The number of aromatic nitrogens is 2. The Kier molecular flexibility index (Phi) is 5.10. The zero-order chi connectivity index (χ0) is 12.0. The van der Waals surface area contributed by atoms with Gasteiger partial charge in [0.15, 0.2) is 11.5 Å². The Hall–Kier alpha value is -1.24. The molecule has 0 atom stereocenters. The number of halogens is 1. The molecule has 1 aromatic rings. The fourth-order valence-electron chi connectivity index (χ4n) is 0.945. The second kappa shape index (κ2) is 6.37. The third-order valence-electron chi connectivity index (χ3n) is 1.62. The van der Waals surface area contributed by atoms with Gasteiger partial charge in [0, 0.05) is 13.2 Å². The summed E-state index contributed by atoms with van der Waals surface area (Å²) in [6.07, 6.45) is 0. The van der Waals surface area contributed by atoms with E-state index in [0.717, 1.165) is 0 Å². The Bertz CT molecular complexity index is 373. The number of carbonyl (C=O) groups is 1. The van der Waals surface area contributed by atoms with Gasteiger partial charge in [0.1, 0.15) is 11.8 Å². The number of ether oxygens (including phenoxy) is 2. The van der Waals surface area contributed by atoms with Gasteiger partial charge in [-0.15, -0.1) is 0 Å². The Morgan fingerprint density at radius 1 is 1.50 bits per heavy atom. The van der Waals surface area contributed by atoms with Crippen LogP contribution in [0, 0.1) is 0 Å². The van der Waals surface area contributed by atoms with Gasteiger partial charge >= 0.3 is 5.97 Å². The second-order valence-corrected chi connectivity index (χ2v) is 3.23. The lowest BCUT2D eigenvalue weighted by atomic mass is 10.4. The van der Waals surface area contributed by atoms with Crippen molar-refractivity contribution in [1.82, 2.24) is 9.97 Å². The van der Waals surface area contributed by atoms with Crippen molar-refractivity contribution in [2.75, 3.05) is 20.3 Å². The van der Waals surface area contributed by atoms with Crippen molar-refractivity contribution in [3.05, 3.63) is 22.7 Å². The summed E-state index contributed by atoms with van der Waals surface area (Å²) >= 11 is 5.64. The van der Waals surface area contributed by atoms with Crippen LogP contribution in [0.25, 0.3) is 0 Å². The molecule has 0 aromatic carbocycles. The molecule has 7 heteroatoms.